The minimum Gasteiger partial charge on any atom is -0.435 e. The minimum atomic E-state index is 0.693. The standard InChI is InChI=1S/C11H6BrNOS/c12-7-3-4-9-8(6-7)13-11(14-9)10-2-1-5-15-10/h1-6H. The van der Waals surface area contributed by atoms with Crippen molar-refractivity contribution in [2.45, 2.75) is 0 Å². The lowest BCUT2D eigenvalue weighted by Crippen LogP contribution is -1.69. The molecule has 2 heterocycles. The van der Waals surface area contributed by atoms with Gasteiger partial charge in [-0.25, -0.2) is 4.98 Å². The molecular weight excluding hydrogens is 274 g/mol. The van der Waals surface area contributed by atoms with E-state index in [4.69, 9.17) is 4.42 Å². The molecule has 0 saturated carbocycles. The van der Waals surface area contributed by atoms with E-state index in [0.717, 1.165) is 20.4 Å². The Kier molecular flexibility index (Phi) is 2.11. The maximum atomic E-state index is 5.65. The summed E-state index contributed by atoms with van der Waals surface area (Å²) in [7, 11) is 0. The van der Waals surface area contributed by atoms with Crippen LogP contribution in [0.2, 0.25) is 0 Å². The summed E-state index contributed by atoms with van der Waals surface area (Å²) in [5, 5.41) is 2.01. The molecule has 0 aliphatic carbocycles. The van der Waals surface area contributed by atoms with Gasteiger partial charge in [-0.3, -0.25) is 0 Å². The van der Waals surface area contributed by atoms with Crippen LogP contribution in [-0.4, -0.2) is 4.98 Å². The summed E-state index contributed by atoms with van der Waals surface area (Å²) in [5.74, 6) is 0.693. The van der Waals surface area contributed by atoms with Crippen LogP contribution in [0.15, 0.2) is 44.6 Å². The second-order valence-corrected chi connectivity index (χ2v) is 4.97. The average molecular weight is 280 g/mol. The van der Waals surface area contributed by atoms with E-state index < -0.39 is 0 Å². The van der Waals surface area contributed by atoms with Crippen molar-refractivity contribution in [3.63, 3.8) is 0 Å². The highest BCUT2D eigenvalue weighted by Crippen LogP contribution is 2.28. The quantitative estimate of drug-likeness (QED) is 0.663. The lowest BCUT2D eigenvalue weighted by atomic mass is 10.3. The molecule has 0 radical (unpaired) electrons. The van der Waals surface area contributed by atoms with Crippen molar-refractivity contribution in [3.8, 4) is 10.8 Å². The van der Waals surface area contributed by atoms with E-state index in [0.29, 0.717) is 5.89 Å². The molecule has 3 rings (SSSR count). The van der Waals surface area contributed by atoms with Crippen LogP contribution in [0.4, 0.5) is 0 Å². The third kappa shape index (κ3) is 1.60. The van der Waals surface area contributed by atoms with Crippen molar-refractivity contribution < 1.29 is 4.42 Å². The van der Waals surface area contributed by atoms with Gasteiger partial charge in [0.25, 0.3) is 0 Å². The maximum absolute atomic E-state index is 5.65. The summed E-state index contributed by atoms with van der Waals surface area (Å²) < 4.78 is 6.66. The summed E-state index contributed by atoms with van der Waals surface area (Å²) in [6.45, 7) is 0. The van der Waals surface area contributed by atoms with Crippen molar-refractivity contribution in [1.29, 1.82) is 0 Å². The monoisotopic (exact) mass is 279 g/mol. The fourth-order valence-corrected chi connectivity index (χ4v) is 2.40. The van der Waals surface area contributed by atoms with Gasteiger partial charge in [0.15, 0.2) is 5.58 Å². The number of aromatic nitrogens is 1. The first-order chi connectivity index (χ1) is 7.33. The maximum Gasteiger partial charge on any atom is 0.237 e. The van der Waals surface area contributed by atoms with Crippen molar-refractivity contribution in [1.82, 2.24) is 4.98 Å². The van der Waals surface area contributed by atoms with Crippen LogP contribution in [0.1, 0.15) is 0 Å². The molecule has 15 heavy (non-hydrogen) atoms. The normalized spacial score (nSPS) is 11.0. The van der Waals surface area contributed by atoms with Gasteiger partial charge in [-0.15, -0.1) is 11.3 Å². The topological polar surface area (TPSA) is 26.0 Å². The van der Waals surface area contributed by atoms with Crippen molar-refractivity contribution in [2.24, 2.45) is 0 Å². The van der Waals surface area contributed by atoms with Gasteiger partial charge < -0.3 is 4.42 Å². The second-order valence-electron chi connectivity index (χ2n) is 3.11. The second kappa shape index (κ2) is 3.47. The van der Waals surface area contributed by atoms with Gasteiger partial charge in [0, 0.05) is 4.47 Å². The number of thiophene rings is 1. The molecule has 0 amide bonds. The molecule has 4 heteroatoms. The first kappa shape index (κ1) is 9.12. The molecule has 0 aliphatic heterocycles. The fraction of sp³-hybridized carbons (Fsp3) is 0. The molecule has 0 aliphatic rings. The Morgan fingerprint density at radius 2 is 2.20 bits per heavy atom. The van der Waals surface area contributed by atoms with Gasteiger partial charge in [-0.05, 0) is 29.6 Å². The average Bonchev–Trinajstić information content (AvgIpc) is 2.84. The summed E-state index contributed by atoms with van der Waals surface area (Å²) in [4.78, 5) is 5.49. The molecule has 0 fully saturated rings. The van der Waals surface area contributed by atoms with Crippen LogP contribution in [0.25, 0.3) is 21.9 Å². The molecule has 74 valence electrons. The summed E-state index contributed by atoms with van der Waals surface area (Å²) in [6, 6.07) is 9.82. The molecule has 0 saturated heterocycles. The largest absolute Gasteiger partial charge is 0.435 e. The predicted molar refractivity (Wildman–Crippen MR) is 65.0 cm³/mol. The Balaban J connectivity index is 2.22. The molecule has 0 atom stereocenters. The molecule has 0 spiro atoms. The zero-order valence-electron chi connectivity index (χ0n) is 7.61. The zero-order chi connectivity index (χ0) is 10.3. The lowest BCUT2D eigenvalue weighted by molar-refractivity contribution is 0.621. The van der Waals surface area contributed by atoms with Gasteiger partial charge in [-0.1, -0.05) is 22.0 Å². The molecule has 0 bridgehead atoms. The highest BCUT2D eigenvalue weighted by Gasteiger charge is 2.08. The van der Waals surface area contributed by atoms with Gasteiger partial charge in [0.1, 0.15) is 5.52 Å². The summed E-state index contributed by atoms with van der Waals surface area (Å²) in [5.41, 5.74) is 1.70. The summed E-state index contributed by atoms with van der Waals surface area (Å²) >= 11 is 5.04. The smallest absolute Gasteiger partial charge is 0.237 e. The molecular formula is C11H6BrNOS. The Morgan fingerprint density at radius 1 is 1.27 bits per heavy atom. The number of oxazole rings is 1. The number of hydrogen-bond donors (Lipinski definition) is 0. The van der Waals surface area contributed by atoms with E-state index in [-0.39, 0.29) is 0 Å². The van der Waals surface area contributed by atoms with E-state index in [1.165, 1.54) is 0 Å². The van der Waals surface area contributed by atoms with E-state index in [1.54, 1.807) is 11.3 Å². The van der Waals surface area contributed by atoms with Crippen molar-refractivity contribution in [3.05, 3.63) is 40.2 Å². The van der Waals surface area contributed by atoms with E-state index >= 15 is 0 Å². The summed E-state index contributed by atoms with van der Waals surface area (Å²) in [6.07, 6.45) is 0. The van der Waals surface area contributed by atoms with Crippen molar-refractivity contribution >= 4 is 38.4 Å². The number of halogens is 1. The highest BCUT2D eigenvalue weighted by atomic mass is 79.9. The third-order valence-electron chi connectivity index (χ3n) is 2.08. The van der Waals surface area contributed by atoms with Crippen LogP contribution >= 0.6 is 27.3 Å². The van der Waals surface area contributed by atoms with Gasteiger partial charge in [0.05, 0.1) is 4.88 Å². The zero-order valence-corrected chi connectivity index (χ0v) is 10.0. The molecule has 0 N–H and O–H groups in total. The molecule has 0 unspecified atom stereocenters. The fourth-order valence-electron chi connectivity index (χ4n) is 1.41. The van der Waals surface area contributed by atoms with Crippen LogP contribution in [-0.2, 0) is 0 Å². The van der Waals surface area contributed by atoms with Gasteiger partial charge >= 0.3 is 0 Å². The predicted octanol–water partition coefficient (Wildman–Crippen LogP) is 4.32. The van der Waals surface area contributed by atoms with Gasteiger partial charge in [0.2, 0.25) is 5.89 Å². The molecule has 1 aromatic carbocycles. The van der Waals surface area contributed by atoms with Crippen LogP contribution in [0.5, 0.6) is 0 Å². The number of fused-ring (bicyclic) bond motifs is 1. The Hall–Kier alpha value is -1.13. The number of rotatable bonds is 1. The number of benzene rings is 1. The van der Waals surface area contributed by atoms with Crippen LogP contribution in [0.3, 0.4) is 0 Å². The Labute approximate surface area is 98.7 Å². The number of nitrogens with zero attached hydrogens (tertiary/aromatic N) is 1. The molecule has 3 aromatic rings. The lowest BCUT2D eigenvalue weighted by Gasteiger charge is -1.86. The van der Waals surface area contributed by atoms with E-state index in [2.05, 4.69) is 20.9 Å². The molecule has 2 aromatic heterocycles. The Bertz CT molecular complexity index is 600. The minimum absolute atomic E-state index is 0.693. The first-order valence-electron chi connectivity index (χ1n) is 4.43. The van der Waals surface area contributed by atoms with Crippen molar-refractivity contribution in [2.75, 3.05) is 0 Å². The Morgan fingerprint density at radius 3 is 3.00 bits per heavy atom. The number of hydrogen-bond acceptors (Lipinski definition) is 3. The van der Waals surface area contributed by atoms with Gasteiger partial charge in [-0.2, -0.15) is 0 Å². The third-order valence-corrected chi connectivity index (χ3v) is 3.43. The first-order valence-corrected chi connectivity index (χ1v) is 6.10. The van der Waals surface area contributed by atoms with E-state index in [1.807, 2.05) is 35.7 Å². The highest BCUT2D eigenvalue weighted by molar-refractivity contribution is 9.10. The molecule has 2 nitrogen and oxygen atoms in total. The van der Waals surface area contributed by atoms with E-state index in [9.17, 15) is 0 Å². The SMILES string of the molecule is Brc1ccc2oc(-c3cccs3)nc2c1. The van der Waals surface area contributed by atoms with Crippen LogP contribution < -0.4 is 0 Å². The van der Waals surface area contributed by atoms with Crippen LogP contribution in [0, 0.1) is 0 Å².